The molecule has 2 aromatic rings. The van der Waals surface area contributed by atoms with Gasteiger partial charge in [-0.3, -0.25) is 18.7 Å². The van der Waals surface area contributed by atoms with Gasteiger partial charge in [0, 0.05) is 29.2 Å². The summed E-state index contributed by atoms with van der Waals surface area (Å²) in [7, 11) is 0.261. The molecule has 0 fully saturated rings. The SMILES string of the molecule is CCOc1cc(C(CS(C)=O)N2C(=O)c3cccc(C(C)(C)CC(C)(C)CCCC=O)c3C2=O)ccc1OC. The topological polar surface area (TPSA) is 90.0 Å². The Morgan fingerprint density at radius 3 is 2.38 bits per heavy atom. The monoisotopic (exact) mass is 555 g/mol. The molecule has 0 saturated heterocycles. The van der Waals surface area contributed by atoms with Crippen LogP contribution in [0.1, 0.15) is 98.2 Å². The molecule has 39 heavy (non-hydrogen) atoms. The number of hydrogen-bond acceptors (Lipinski definition) is 6. The van der Waals surface area contributed by atoms with Crippen LogP contribution in [-0.2, 0) is 21.0 Å². The smallest absolute Gasteiger partial charge is 0.262 e. The molecule has 3 rings (SSSR count). The average molecular weight is 556 g/mol. The fourth-order valence-corrected chi connectivity index (χ4v) is 6.69. The summed E-state index contributed by atoms with van der Waals surface area (Å²) in [6.45, 7) is 10.8. The van der Waals surface area contributed by atoms with Gasteiger partial charge < -0.3 is 14.3 Å². The number of fused-ring (bicyclic) bond motifs is 1. The lowest BCUT2D eigenvalue weighted by Crippen LogP contribution is -2.37. The van der Waals surface area contributed by atoms with Crippen LogP contribution in [0.5, 0.6) is 11.5 Å². The van der Waals surface area contributed by atoms with Crippen molar-refractivity contribution in [3.05, 3.63) is 58.7 Å². The number of amides is 2. The van der Waals surface area contributed by atoms with Crippen LogP contribution in [0.4, 0.5) is 0 Å². The minimum Gasteiger partial charge on any atom is -0.493 e. The highest BCUT2D eigenvalue weighted by atomic mass is 32.2. The second-order valence-electron chi connectivity index (χ2n) is 11.6. The van der Waals surface area contributed by atoms with Crippen molar-refractivity contribution >= 4 is 28.9 Å². The summed E-state index contributed by atoms with van der Waals surface area (Å²) in [4.78, 5) is 40.0. The second kappa shape index (κ2) is 12.5. The van der Waals surface area contributed by atoms with Gasteiger partial charge in [0.05, 0.1) is 30.9 Å². The molecule has 1 aliphatic rings. The molecule has 0 spiro atoms. The number of aldehydes is 1. The Kier molecular flexibility index (Phi) is 9.75. The first-order valence-electron chi connectivity index (χ1n) is 13.4. The van der Waals surface area contributed by atoms with E-state index in [9.17, 15) is 18.6 Å². The Morgan fingerprint density at radius 1 is 1.05 bits per heavy atom. The molecule has 2 aromatic carbocycles. The number of imide groups is 1. The van der Waals surface area contributed by atoms with E-state index in [0.29, 0.717) is 41.2 Å². The highest BCUT2D eigenvalue weighted by molar-refractivity contribution is 7.84. The molecule has 0 aliphatic carbocycles. The van der Waals surface area contributed by atoms with E-state index in [2.05, 4.69) is 27.7 Å². The van der Waals surface area contributed by atoms with Gasteiger partial charge >= 0.3 is 0 Å². The minimum absolute atomic E-state index is 0.0685. The summed E-state index contributed by atoms with van der Waals surface area (Å²) in [5.41, 5.74) is 1.79. The van der Waals surface area contributed by atoms with Crippen LogP contribution < -0.4 is 9.47 Å². The molecule has 2 unspecified atom stereocenters. The maximum absolute atomic E-state index is 14.1. The van der Waals surface area contributed by atoms with Gasteiger partial charge in [-0.1, -0.05) is 45.9 Å². The van der Waals surface area contributed by atoms with Crippen LogP contribution in [0, 0.1) is 5.41 Å². The third-order valence-corrected chi connectivity index (χ3v) is 8.13. The molecule has 8 heteroatoms. The number of nitrogens with zero attached hydrogens (tertiary/aromatic N) is 1. The molecule has 1 aliphatic heterocycles. The molecular weight excluding hydrogens is 514 g/mol. The predicted molar refractivity (Wildman–Crippen MR) is 154 cm³/mol. The maximum Gasteiger partial charge on any atom is 0.262 e. The second-order valence-corrected chi connectivity index (χ2v) is 13.1. The number of carbonyl (C=O) groups excluding carboxylic acids is 3. The third-order valence-electron chi connectivity index (χ3n) is 7.35. The quantitative estimate of drug-likeness (QED) is 0.164. The van der Waals surface area contributed by atoms with E-state index in [4.69, 9.17) is 9.47 Å². The zero-order valence-electron chi connectivity index (χ0n) is 24.2. The van der Waals surface area contributed by atoms with E-state index in [1.165, 1.54) is 4.90 Å². The zero-order valence-corrected chi connectivity index (χ0v) is 25.0. The molecule has 0 N–H and O–H groups in total. The lowest BCUT2D eigenvalue weighted by Gasteiger charge is -2.36. The number of unbranched alkanes of at least 4 members (excludes halogenated alkanes) is 1. The largest absolute Gasteiger partial charge is 0.493 e. The number of ether oxygens (including phenoxy) is 2. The number of methoxy groups -OCH3 is 1. The van der Waals surface area contributed by atoms with Crippen LogP contribution in [0.15, 0.2) is 36.4 Å². The molecular formula is C31H41NO6S. The van der Waals surface area contributed by atoms with Gasteiger partial charge in [-0.2, -0.15) is 0 Å². The molecule has 0 saturated carbocycles. The van der Waals surface area contributed by atoms with Gasteiger partial charge in [-0.15, -0.1) is 0 Å². The van der Waals surface area contributed by atoms with E-state index in [1.807, 2.05) is 19.1 Å². The third kappa shape index (κ3) is 6.78. The molecule has 2 amide bonds. The first kappa shape index (κ1) is 30.5. The Labute approximate surface area is 234 Å². The zero-order chi connectivity index (χ0) is 29.0. The Balaban J connectivity index is 2.04. The van der Waals surface area contributed by atoms with Crippen LogP contribution in [0.25, 0.3) is 0 Å². The highest BCUT2D eigenvalue weighted by Gasteiger charge is 2.45. The molecule has 0 radical (unpaired) electrons. The molecule has 0 aromatic heterocycles. The van der Waals surface area contributed by atoms with E-state index >= 15 is 0 Å². The first-order valence-corrected chi connectivity index (χ1v) is 15.2. The van der Waals surface area contributed by atoms with Crippen LogP contribution in [0.3, 0.4) is 0 Å². The Bertz CT molecular complexity index is 1250. The van der Waals surface area contributed by atoms with Gasteiger partial charge in [-0.25, -0.2) is 0 Å². The summed E-state index contributed by atoms with van der Waals surface area (Å²) in [6.07, 6.45) is 5.52. The average Bonchev–Trinajstić information content (AvgIpc) is 3.11. The fraction of sp³-hybridized carbons (Fsp3) is 0.516. The highest BCUT2D eigenvalue weighted by Crippen LogP contribution is 2.44. The van der Waals surface area contributed by atoms with Crippen molar-refractivity contribution in [3.63, 3.8) is 0 Å². The standard InChI is InChI=1S/C31H41NO6S/c1-8-38-26-18-21(14-15-25(26)37-6)24(19-39(7)36)32-28(34)22-12-11-13-23(27(22)29(32)35)31(4,5)20-30(2,3)16-9-10-17-33/h11-15,17-18,24H,8-10,16,19-20H2,1-7H3. The lowest BCUT2D eigenvalue weighted by molar-refractivity contribution is -0.108. The van der Waals surface area contributed by atoms with Crippen molar-refractivity contribution in [1.29, 1.82) is 0 Å². The summed E-state index contributed by atoms with van der Waals surface area (Å²) in [5, 5.41) is 0. The van der Waals surface area contributed by atoms with Crippen molar-refractivity contribution in [2.24, 2.45) is 5.41 Å². The van der Waals surface area contributed by atoms with E-state index in [1.54, 1.807) is 37.6 Å². The van der Waals surface area contributed by atoms with Crippen LogP contribution in [-0.4, -0.2) is 52.9 Å². The molecule has 2 atom stereocenters. The van der Waals surface area contributed by atoms with Crippen molar-refractivity contribution in [2.45, 2.75) is 71.8 Å². The van der Waals surface area contributed by atoms with Gasteiger partial charge in [-0.05, 0) is 66.3 Å². The van der Waals surface area contributed by atoms with E-state index in [-0.39, 0.29) is 23.0 Å². The Hall–Kier alpha value is -3.00. The fourth-order valence-electron chi connectivity index (χ4n) is 5.91. The van der Waals surface area contributed by atoms with Gasteiger partial charge in [0.1, 0.15) is 6.29 Å². The summed E-state index contributed by atoms with van der Waals surface area (Å²) in [6, 6.07) is 10.0. The predicted octanol–water partition coefficient (Wildman–Crippen LogP) is 5.87. The normalized spacial score (nSPS) is 15.2. The van der Waals surface area contributed by atoms with Crippen molar-refractivity contribution in [3.8, 4) is 11.5 Å². The summed E-state index contributed by atoms with van der Waals surface area (Å²) >= 11 is 0. The molecule has 1 heterocycles. The molecule has 0 bridgehead atoms. The Morgan fingerprint density at radius 2 is 1.77 bits per heavy atom. The minimum atomic E-state index is -1.29. The van der Waals surface area contributed by atoms with E-state index < -0.39 is 22.3 Å². The number of rotatable bonds is 14. The van der Waals surface area contributed by atoms with Crippen LogP contribution in [0.2, 0.25) is 0 Å². The summed E-state index contributed by atoms with van der Waals surface area (Å²) in [5.74, 6) is 0.383. The number of carbonyl (C=O) groups is 3. The first-order chi connectivity index (χ1) is 18.4. The van der Waals surface area contributed by atoms with Crippen molar-refractivity contribution in [1.82, 2.24) is 4.90 Å². The van der Waals surface area contributed by atoms with Crippen LogP contribution >= 0.6 is 0 Å². The van der Waals surface area contributed by atoms with Crippen molar-refractivity contribution in [2.75, 3.05) is 25.7 Å². The maximum atomic E-state index is 14.1. The molecule has 212 valence electrons. The van der Waals surface area contributed by atoms with Gasteiger partial charge in [0.25, 0.3) is 11.8 Å². The summed E-state index contributed by atoms with van der Waals surface area (Å²) < 4.78 is 23.6. The van der Waals surface area contributed by atoms with E-state index in [0.717, 1.165) is 31.1 Å². The number of benzene rings is 2. The number of hydrogen-bond donors (Lipinski definition) is 0. The lowest BCUT2D eigenvalue weighted by atomic mass is 9.68. The molecule has 7 nitrogen and oxygen atoms in total. The van der Waals surface area contributed by atoms with Gasteiger partial charge in [0.15, 0.2) is 11.5 Å². The van der Waals surface area contributed by atoms with Gasteiger partial charge in [0.2, 0.25) is 0 Å². The van der Waals surface area contributed by atoms with Crippen molar-refractivity contribution < 1.29 is 28.1 Å².